The molecule has 4 nitrogen and oxygen atoms in total. The third-order valence-electron chi connectivity index (χ3n) is 18.2. The number of nitrogens with zero attached hydrogens (tertiary/aromatic N) is 3. The fourth-order valence-electron chi connectivity index (χ4n) is 12.5. The molecule has 2 heterocycles. The summed E-state index contributed by atoms with van der Waals surface area (Å²) in [4.78, 5) is 10.9. The molecule has 2 aromatic heterocycles. The van der Waals surface area contributed by atoms with Crippen LogP contribution in [-0.4, -0.2) is 19.6 Å². The monoisotopic (exact) mass is 1230 g/mol. The minimum absolute atomic E-state index is 0. The van der Waals surface area contributed by atoms with Crippen LogP contribution in [0, 0.1) is 6.07 Å². The van der Waals surface area contributed by atoms with Crippen LogP contribution in [0.5, 0.6) is 5.75 Å². The zero-order valence-electron chi connectivity index (χ0n) is 51.4. The van der Waals surface area contributed by atoms with E-state index in [1.807, 2.05) is 6.20 Å². The van der Waals surface area contributed by atoms with Gasteiger partial charge in [0.1, 0.15) is 11.6 Å². The molecule has 0 saturated carbocycles. The molecule has 0 unspecified atom stereocenters. The van der Waals surface area contributed by atoms with E-state index >= 15 is 0 Å². The number of hydrogen-bond acceptors (Lipinski definition) is 3. The average Bonchev–Trinajstić information content (AvgIpc) is 4.05. The molecule has 1 N–H and O–H groups in total. The first-order valence-electron chi connectivity index (χ1n) is 29.0. The Hall–Kier alpha value is -5.57. The number of fused-ring (bicyclic) bond motifs is 3. The van der Waals surface area contributed by atoms with Gasteiger partial charge in [-0.05, 0) is 149 Å². The Bertz CT molecular complexity index is 3680. The summed E-state index contributed by atoms with van der Waals surface area (Å²) in [5.74, 6) is 0.967. The minimum atomic E-state index is -0.344. The number of phenols is 1. The first-order valence-corrected chi connectivity index (χ1v) is 29.0. The largest absolute Gasteiger partial charge is 0.507 e. The van der Waals surface area contributed by atoms with E-state index in [-0.39, 0.29) is 70.1 Å². The summed E-state index contributed by atoms with van der Waals surface area (Å²) in [5.41, 5.74) is 21.8. The van der Waals surface area contributed by atoms with Crippen molar-refractivity contribution >= 4 is 11.0 Å². The smallest absolute Gasteiger partial charge is 0.148 e. The van der Waals surface area contributed by atoms with Crippen molar-refractivity contribution in [3.8, 4) is 67.5 Å². The van der Waals surface area contributed by atoms with Crippen LogP contribution in [-0.2, 0) is 64.4 Å². The third-order valence-corrected chi connectivity index (χ3v) is 18.2. The number of para-hydroxylation sites is 1. The maximum atomic E-state index is 12.9. The molecule has 0 bridgehead atoms. The number of rotatable bonds is 6. The maximum absolute atomic E-state index is 12.9. The van der Waals surface area contributed by atoms with Crippen molar-refractivity contribution in [1.82, 2.24) is 14.5 Å². The number of pyridine rings is 1. The summed E-state index contributed by atoms with van der Waals surface area (Å²) in [6, 6.07) is 45.4. The molecule has 0 radical (unpaired) electrons. The van der Waals surface area contributed by atoms with Gasteiger partial charge in [-0.3, -0.25) is 9.55 Å². The SMILES string of the molecule is CC(C)(C)c1cc(-c2cc(-c3ccc4c(c3)C(C)(C)CCC4(C)C)ccn2)[c-]c(-c2cccc3c2nc(-c2cc(C(C)(C)C)cc(C(C)(C)C)c2O)n3-c2ccc(C(C)(C)C)cc2-c2ccc3c(c2)C(C)(C)CCC3(C)C)c1.[Pt]. The molecule has 0 amide bonds. The van der Waals surface area contributed by atoms with Gasteiger partial charge >= 0.3 is 0 Å². The van der Waals surface area contributed by atoms with Gasteiger partial charge in [-0.15, -0.1) is 29.3 Å². The van der Waals surface area contributed by atoms with Gasteiger partial charge in [-0.1, -0.05) is 216 Å². The molecule has 0 fully saturated rings. The van der Waals surface area contributed by atoms with Gasteiger partial charge in [0.2, 0.25) is 0 Å². The Morgan fingerprint density at radius 2 is 0.975 bits per heavy atom. The van der Waals surface area contributed by atoms with Crippen LogP contribution in [0.25, 0.3) is 72.7 Å². The first-order chi connectivity index (χ1) is 36.0. The van der Waals surface area contributed by atoms with E-state index in [4.69, 9.17) is 9.97 Å². The molecule has 0 saturated heterocycles. The zero-order valence-corrected chi connectivity index (χ0v) is 53.7. The van der Waals surface area contributed by atoms with Gasteiger partial charge in [-0.2, -0.15) is 0 Å². The predicted molar refractivity (Wildman–Crippen MR) is 332 cm³/mol. The van der Waals surface area contributed by atoms with Crippen LogP contribution in [0.15, 0.2) is 115 Å². The van der Waals surface area contributed by atoms with E-state index in [1.54, 1.807) is 0 Å². The van der Waals surface area contributed by atoms with Crippen LogP contribution in [0.1, 0.15) is 209 Å². The molecule has 5 heteroatoms. The van der Waals surface area contributed by atoms with Crippen molar-refractivity contribution in [3.05, 3.63) is 166 Å². The maximum Gasteiger partial charge on any atom is 0.148 e. The Labute approximate surface area is 489 Å². The van der Waals surface area contributed by atoms with E-state index in [9.17, 15) is 5.11 Å². The number of hydrogen-bond donors (Lipinski definition) is 1. The Kier molecular flexibility index (Phi) is 14.4. The molecule has 6 aromatic carbocycles. The number of aromatic hydroxyl groups is 1. The molecular formula is C74H88N3OPt-. The van der Waals surface area contributed by atoms with Gasteiger partial charge in [0.15, 0.2) is 0 Å². The van der Waals surface area contributed by atoms with Crippen LogP contribution < -0.4 is 0 Å². The average molecular weight is 1230 g/mol. The van der Waals surface area contributed by atoms with Gasteiger partial charge in [0, 0.05) is 44.1 Å². The Balaban J connectivity index is 0.00000757. The standard InChI is InChI=1S/C74H88N3O.Pt/c1-67(2,3)50-26-29-62(54(42-50)47-25-28-57-59(40-47)74(19,20)34-32-72(57,15)16)77-63-23-21-22-53(64(63)76-66(77)55-43-52(69(7,8)9)44-60(65(55)78)70(10,11)12)48-36-49(38-51(37-48)68(4,5)6)61-41-46(30-35-75-61)45-24-27-56-58(39-45)73(17,18)33-31-71(56,13)14;/h21-30,35,37-44,78H,31-34H2,1-20H3;/q-1;. The van der Waals surface area contributed by atoms with Gasteiger partial charge in [0.25, 0.3) is 0 Å². The quantitative estimate of drug-likeness (QED) is 0.169. The van der Waals surface area contributed by atoms with E-state index in [2.05, 4.69) is 258 Å². The van der Waals surface area contributed by atoms with E-state index in [1.165, 1.54) is 57.3 Å². The van der Waals surface area contributed by atoms with Crippen LogP contribution in [0.4, 0.5) is 0 Å². The fourth-order valence-corrected chi connectivity index (χ4v) is 12.5. The number of aromatic nitrogens is 3. The minimum Gasteiger partial charge on any atom is -0.507 e. The van der Waals surface area contributed by atoms with Crippen molar-refractivity contribution in [1.29, 1.82) is 0 Å². The second-order valence-electron chi connectivity index (χ2n) is 30.3. The summed E-state index contributed by atoms with van der Waals surface area (Å²) < 4.78 is 2.35. The van der Waals surface area contributed by atoms with Crippen molar-refractivity contribution in [2.45, 2.75) is 207 Å². The molecule has 0 atom stereocenters. The molecule has 0 aliphatic heterocycles. The third kappa shape index (κ3) is 10.7. The van der Waals surface area contributed by atoms with E-state index < -0.39 is 0 Å². The molecule has 416 valence electrons. The van der Waals surface area contributed by atoms with Crippen molar-refractivity contribution < 1.29 is 26.2 Å². The van der Waals surface area contributed by atoms with Crippen molar-refractivity contribution in [2.24, 2.45) is 0 Å². The summed E-state index contributed by atoms with van der Waals surface area (Å²) in [5, 5.41) is 12.9. The van der Waals surface area contributed by atoms with Gasteiger partial charge in [0.05, 0.1) is 22.3 Å². The number of imidazole rings is 1. The second kappa shape index (κ2) is 19.6. The summed E-state index contributed by atoms with van der Waals surface area (Å²) in [6.07, 6.45) is 6.60. The van der Waals surface area contributed by atoms with Gasteiger partial charge < -0.3 is 5.11 Å². The molecule has 79 heavy (non-hydrogen) atoms. The van der Waals surface area contributed by atoms with Crippen LogP contribution >= 0.6 is 0 Å². The molecule has 10 rings (SSSR count). The first kappa shape index (κ1) is 58.1. The topological polar surface area (TPSA) is 50.9 Å². The predicted octanol–water partition coefficient (Wildman–Crippen LogP) is 20.1. The van der Waals surface area contributed by atoms with Crippen LogP contribution in [0.2, 0.25) is 0 Å². The van der Waals surface area contributed by atoms with E-state index in [0.717, 1.165) is 79.8 Å². The fraction of sp³-hybridized carbons (Fsp3) is 0.432. The number of benzene rings is 6. The molecule has 2 aliphatic rings. The van der Waals surface area contributed by atoms with Crippen molar-refractivity contribution in [2.75, 3.05) is 0 Å². The summed E-state index contributed by atoms with van der Waals surface area (Å²) >= 11 is 0. The molecule has 8 aromatic rings. The van der Waals surface area contributed by atoms with Crippen molar-refractivity contribution in [3.63, 3.8) is 0 Å². The van der Waals surface area contributed by atoms with Gasteiger partial charge in [-0.25, -0.2) is 4.98 Å². The Morgan fingerprint density at radius 1 is 0.468 bits per heavy atom. The second-order valence-corrected chi connectivity index (χ2v) is 30.3. The zero-order chi connectivity index (χ0) is 56.7. The Morgan fingerprint density at radius 3 is 1.54 bits per heavy atom. The van der Waals surface area contributed by atoms with E-state index in [0.29, 0.717) is 5.82 Å². The molecule has 2 aliphatic carbocycles. The normalized spacial score (nSPS) is 16.8. The van der Waals surface area contributed by atoms with Crippen LogP contribution in [0.3, 0.4) is 0 Å². The summed E-state index contributed by atoms with van der Waals surface area (Å²) in [7, 11) is 0. The summed E-state index contributed by atoms with van der Waals surface area (Å²) in [6.45, 7) is 46.3. The number of phenolic OH excluding ortho intramolecular Hbond substituents is 1. The molecular weight excluding hydrogens is 1140 g/mol. The molecule has 0 spiro atoms.